The minimum Gasteiger partial charge on any atom is -0.481 e. The van der Waals surface area contributed by atoms with Gasteiger partial charge >= 0.3 is 5.97 Å². The Kier molecular flexibility index (Phi) is 5.86. The number of rotatable bonds is 8. The third-order valence-electron chi connectivity index (χ3n) is 5.85. The van der Waals surface area contributed by atoms with Crippen LogP contribution in [0.3, 0.4) is 0 Å². The predicted octanol–water partition coefficient (Wildman–Crippen LogP) is 4.53. The first-order valence-corrected chi connectivity index (χ1v) is 10.7. The van der Waals surface area contributed by atoms with Gasteiger partial charge in [-0.2, -0.15) is 0 Å². The average molecular weight is 431 g/mol. The van der Waals surface area contributed by atoms with Crippen molar-refractivity contribution in [1.82, 2.24) is 4.57 Å². The Labute approximate surface area is 186 Å². The Morgan fingerprint density at radius 3 is 2.34 bits per heavy atom. The summed E-state index contributed by atoms with van der Waals surface area (Å²) in [4.78, 5) is 23.7. The number of carboxylic acids is 1. The standard InChI is InChI=1S/C26H26N2O4/c1-3-17-13-21-24(25(18(17)4-2)32-15-22(29)30)23-19(26(27)31)11-8-12-20(23)28(21)14-16-9-6-5-7-10-16/h5-13H,3-4,14-15H2,1-2H3,(H2,27,31)(H,29,30). The lowest BCUT2D eigenvalue weighted by Gasteiger charge is -2.16. The minimum absolute atomic E-state index is 0.394. The minimum atomic E-state index is -1.05. The molecule has 0 unspecified atom stereocenters. The Morgan fingerprint density at radius 1 is 0.969 bits per heavy atom. The zero-order chi connectivity index (χ0) is 22.8. The van der Waals surface area contributed by atoms with Crippen LogP contribution in [0.25, 0.3) is 21.8 Å². The van der Waals surface area contributed by atoms with Crippen molar-refractivity contribution in [2.75, 3.05) is 6.61 Å². The van der Waals surface area contributed by atoms with E-state index in [2.05, 4.69) is 29.7 Å². The van der Waals surface area contributed by atoms with Crippen LogP contribution in [0.4, 0.5) is 0 Å². The highest BCUT2D eigenvalue weighted by Gasteiger charge is 2.23. The summed E-state index contributed by atoms with van der Waals surface area (Å²) in [7, 11) is 0. The smallest absolute Gasteiger partial charge is 0.341 e. The van der Waals surface area contributed by atoms with Crippen molar-refractivity contribution in [3.8, 4) is 5.75 Å². The Bertz CT molecular complexity index is 1320. The fraction of sp³-hybridized carbons (Fsp3) is 0.231. The number of hydrogen-bond donors (Lipinski definition) is 2. The van der Waals surface area contributed by atoms with Crippen molar-refractivity contribution < 1.29 is 19.4 Å². The lowest BCUT2D eigenvalue weighted by molar-refractivity contribution is -0.139. The fourth-order valence-electron chi connectivity index (χ4n) is 4.49. The molecule has 0 aliphatic heterocycles. The Morgan fingerprint density at radius 2 is 1.72 bits per heavy atom. The fourth-order valence-corrected chi connectivity index (χ4v) is 4.49. The number of fused-ring (bicyclic) bond motifs is 3. The second-order valence-corrected chi connectivity index (χ2v) is 7.76. The highest BCUT2D eigenvalue weighted by atomic mass is 16.5. The maximum Gasteiger partial charge on any atom is 0.341 e. The SMILES string of the molecule is CCc1cc2c(c(OCC(=O)O)c1CC)c1c(C(N)=O)cccc1n2Cc1ccccc1. The van der Waals surface area contributed by atoms with Gasteiger partial charge in [0.1, 0.15) is 5.75 Å². The molecule has 0 atom stereocenters. The van der Waals surface area contributed by atoms with Crippen molar-refractivity contribution in [1.29, 1.82) is 0 Å². The number of hydrogen-bond acceptors (Lipinski definition) is 3. The summed E-state index contributed by atoms with van der Waals surface area (Å²) >= 11 is 0. The number of benzene rings is 3. The van der Waals surface area contributed by atoms with Gasteiger partial charge in [-0.3, -0.25) is 4.79 Å². The van der Waals surface area contributed by atoms with E-state index in [-0.39, 0.29) is 0 Å². The van der Waals surface area contributed by atoms with Gasteiger partial charge in [0.15, 0.2) is 6.61 Å². The zero-order valence-electron chi connectivity index (χ0n) is 18.2. The summed E-state index contributed by atoms with van der Waals surface area (Å²) in [5.74, 6) is -1.06. The first-order chi connectivity index (χ1) is 15.5. The number of carboxylic acid groups (broad SMARTS) is 1. The van der Waals surface area contributed by atoms with Gasteiger partial charge in [0.05, 0.1) is 16.4 Å². The highest BCUT2D eigenvalue weighted by Crippen LogP contribution is 2.42. The Hall–Kier alpha value is -3.80. The van der Waals surface area contributed by atoms with Gasteiger partial charge in [-0.1, -0.05) is 50.2 Å². The van der Waals surface area contributed by atoms with Crippen LogP contribution in [0.15, 0.2) is 54.6 Å². The lowest BCUT2D eigenvalue weighted by Crippen LogP contribution is -2.12. The Balaban J connectivity index is 2.15. The largest absolute Gasteiger partial charge is 0.481 e. The molecule has 0 saturated carbocycles. The van der Waals surface area contributed by atoms with E-state index < -0.39 is 18.5 Å². The van der Waals surface area contributed by atoms with Crippen molar-refractivity contribution in [3.05, 3.63) is 76.9 Å². The van der Waals surface area contributed by atoms with E-state index in [9.17, 15) is 14.7 Å². The van der Waals surface area contributed by atoms with Gasteiger partial charge < -0.3 is 20.1 Å². The summed E-state index contributed by atoms with van der Waals surface area (Å²) in [6, 6.07) is 17.7. The number of aryl methyl sites for hydroxylation is 1. The molecule has 32 heavy (non-hydrogen) atoms. The summed E-state index contributed by atoms with van der Waals surface area (Å²) in [6.07, 6.45) is 1.45. The highest BCUT2D eigenvalue weighted by molar-refractivity contribution is 6.20. The van der Waals surface area contributed by atoms with Crippen molar-refractivity contribution in [2.45, 2.75) is 33.2 Å². The van der Waals surface area contributed by atoms with Crippen molar-refractivity contribution >= 4 is 33.7 Å². The summed E-state index contributed by atoms with van der Waals surface area (Å²) in [5.41, 5.74) is 11.1. The number of nitrogens with zero attached hydrogens (tertiary/aromatic N) is 1. The van der Waals surface area contributed by atoms with Gasteiger partial charge in [-0.15, -0.1) is 0 Å². The monoisotopic (exact) mass is 430 g/mol. The van der Waals surface area contributed by atoms with E-state index in [0.717, 1.165) is 39.5 Å². The van der Waals surface area contributed by atoms with E-state index >= 15 is 0 Å². The van der Waals surface area contributed by atoms with E-state index in [4.69, 9.17) is 10.5 Å². The van der Waals surface area contributed by atoms with E-state index in [1.807, 2.05) is 37.3 Å². The first-order valence-electron chi connectivity index (χ1n) is 10.7. The van der Waals surface area contributed by atoms with Gasteiger partial charge in [-0.05, 0) is 47.7 Å². The van der Waals surface area contributed by atoms with Crippen LogP contribution in [-0.4, -0.2) is 28.2 Å². The molecular weight excluding hydrogens is 404 g/mol. The van der Waals surface area contributed by atoms with E-state index in [1.54, 1.807) is 6.07 Å². The molecule has 0 radical (unpaired) electrons. The third-order valence-corrected chi connectivity index (χ3v) is 5.85. The van der Waals surface area contributed by atoms with Gasteiger partial charge in [0.2, 0.25) is 5.91 Å². The molecule has 6 heteroatoms. The molecule has 3 N–H and O–H groups in total. The van der Waals surface area contributed by atoms with Crippen LogP contribution >= 0.6 is 0 Å². The first kappa shape index (κ1) is 21.4. The summed E-state index contributed by atoms with van der Waals surface area (Å²) in [6.45, 7) is 4.22. The second-order valence-electron chi connectivity index (χ2n) is 7.76. The molecular formula is C26H26N2O4. The quantitative estimate of drug-likeness (QED) is 0.429. The number of ether oxygens (including phenoxy) is 1. The van der Waals surface area contributed by atoms with Gasteiger partial charge in [0, 0.05) is 17.5 Å². The molecule has 0 bridgehead atoms. The second kappa shape index (κ2) is 8.75. The number of amides is 1. The molecule has 164 valence electrons. The molecule has 0 aliphatic carbocycles. The topological polar surface area (TPSA) is 94.6 Å². The maximum atomic E-state index is 12.4. The van der Waals surface area contributed by atoms with E-state index in [1.165, 1.54) is 0 Å². The molecule has 1 heterocycles. The van der Waals surface area contributed by atoms with Crippen LogP contribution in [0.2, 0.25) is 0 Å². The molecule has 4 rings (SSSR count). The number of aliphatic carboxylic acids is 1. The third kappa shape index (κ3) is 3.68. The number of aromatic nitrogens is 1. The summed E-state index contributed by atoms with van der Waals surface area (Å²) in [5, 5.41) is 10.7. The van der Waals surface area contributed by atoms with Gasteiger partial charge in [0.25, 0.3) is 0 Å². The molecule has 1 amide bonds. The van der Waals surface area contributed by atoms with Crippen LogP contribution < -0.4 is 10.5 Å². The maximum absolute atomic E-state index is 12.4. The number of primary amides is 1. The molecule has 0 aliphatic rings. The number of carbonyl (C=O) groups excluding carboxylic acids is 1. The molecule has 6 nitrogen and oxygen atoms in total. The van der Waals surface area contributed by atoms with Gasteiger partial charge in [-0.25, -0.2) is 4.79 Å². The number of carbonyl (C=O) groups is 2. The normalized spacial score (nSPS) is 11.2. The molecule has 0 spiro atoms. The van der Waals surface area contributed by atoms with Crippen LogP contribution in [0.1, 0.15) is 40.9 Å². The average Bonchev–Trinajstić information content (AvgIpc) is 3.10. The lowest BCUT2D eigenvalue weighted by atomic mass is 9.96. The molecule has 3 aromatic carbocycles. The molecule has 0 fully saturated rings. The summed E-state index contributed by atoms with van der Waals surface area (Å²) < 4.78 is 8.04. The number of nitrogens with two attached hydrogens (primary N) is 1. The van der Waals surface area contributed by atoms with Crippen LogP contribution in [0.5, 0.6) is 5.75 Å². The van der Waals surface area contributed by atoms with Crippen LogP contribution in [-0.2, 0) is 24.2 Å². The molecule has 0 saturated heterocycles. The predicted molar refractivity (Wildman–Crippen MR) is 125 cm³/mol. The van der Waals surface area contributed by atoms with E-state index in [0.29, 0.717) is 29.7 Å². The van der Waals surface area contributed by atoms with Crippen LogP contribution in [0, 0.1) is 0 Å². The van der Waals surface area contributed by atoms with Crippen molar-refractivity contribution in [2.24, 2.45) is 5.73 Å². The van der Waals surface area contributed by atoms with Crippen molar-refractivity contribution in [3.63, 3.8) is 0 Å². The molecule has 1 aromatic heterocycles. The molecule has 4 aromatic rings. The zero-order valence-corrected chi connectivity index (χ0v) is 18.2.